The molecular formula is C54H69N. The smallest absolute Gasteiger partial charge is 0.0461 e. The van der Waals surface area contributed by atoms with Crippen LogP contribution in [0.2, 0.25) is 0 Å². The average molecular weight is 732 g/mol. The van der Waals surface area contributed by atoms with Gasteiger partial charge in [-0.3, -0.25) is 0 Å². The molecule has 1 nitrogen and oxygen atoms in total. The summed E-state index contributed by atoms with van der Waals surface area (Å²) in [6.07, 6.45) is 10.6. The third kappa shape index (κ3) is 7.22. The Bertz CT molecular complexity index is 2170. The highest BCUT2D eigenvalue weighted by atomic mass is 15.2. The molecule has 4 aliphatic carbocycles. The van der Waals surface area contributed by atoms with Crippen LogP contribution in [0.1, 0.15) is 145 Å². The standard InChI is InChI=1S/C43H55N.C11H14/c1-15-28(3)44(31-21-22-33-32-18-16-17-19-36(32)42(11,12)38(33)26-31)29(4)39-35(24-27(2)40(5,6)7)34-25-30(41(8,9)10)20-23-37(34)43(39,13)14;1-11(2)8-7-9-5-3-4-6-10(9)11/h16-19,21-22,24-26H,3-4,15,20,23H2,1-2,5-14H3;3-6H,7-8H2,1-2H3/b27-24+;. The van der Waals surface area contributed by atoms with Crippen LogP contribution < -0.4 is 4.90 Å². The molecule has 3 aromatic carbocycles. The molecule has 0 fully saturated rings. The summed E-state index contributed by atoms with van der Waals surface area (Å²) in [6.45, 7) is 42.3. The summed E-state index contributed by atoms with van der Waals surface area (Å²) in [4.78, 5) is 2.36. The maximum absolute atomic E-state index is 4.92. The van der Waals surface area contributed by atoms with Crippen LogP contribution in [-0.4, -0.2) is 0 Å². The van der Waals surface area contributed by atoms with Gasteiger partial charge in [-0.25, -0.2) is 0 Å². The topological polar surface area (TPSA) is 3.24 Å². The number of aryl methyl sites for hydroxylation is 1. The SMILES string of the molecule is C=C(CC)N(C(=C)C1=C(/C=C(\C)C(C)(C)C)C2=C(CCC(C(C)(C)C)=C2)C1(C)C)c1ccc2c(c1)C(C)(C)c1ccccc1-2.CC1(C)CCc2ccccc21. The minimum atomic E-state index is -0.144. The fourth-order valence-corrected chi connectivity index (χ4v) is 9.54. The maximum Gasteiger partial charge on any atom is 0.0461 e. The van der Waals surface area contributed by atoms with Crippen LogP contribution in [0, 0.1) is 16.2 Å². The Labute approximate surface area is 335 Å². The van der Waals surface area contributed by atoms with Crippen molar-refractivity contribution >= 4 is 5.69 Å². The van der Waals surface area contributed by atoms with Gasteiger partial charge in [0.2, 0.25) is 0 Å². The highest BCUT2D eigenvalue weighted by Gasteiger charge is 2.44. The Hall–Kier alpha value is -4.10. The Morgan fingerprint density at radius 3 is 1.98 bits per heavy atom. The number of benzene rings is 3. The molecule has 0 bridgehead atoms. The predicted molar refractivity (Wildman–Crippen MR) is 241 cm³/mol. The normalized spacial score (nSPS) is 19.2. The zero-order valence-electron chi connectivity index (χ0n) is 36.9. The van der Waals surface area contributed by atoms with Crippen LogP contribution in [-0.2, 0) is 17.3 Å². The number of anilines is 1. The van der Waals surface area contributed by atoms with Gasteiger partial charge in [-0.1, -0.05) is 187 Å². The zero-order chi connectivity index (χ0) is 40.5. The number of hydrogen-bond acceptors (Lipinski definition) is 1. The van der Waals surface area contributed by atoms with Gasteiger partial charge in [0.05, 0.1) is 0 Å². The summed E-state index contributed by atoms with van der Waals surface area (Å²) in [5.41, 5.74) is 20.8. The van der Waals surface area contributed by atoms with E-state index in [0.29, 0.717) is 5.41 Å². The van der Waals surface area contributed by atoms with Crippen molar-refractivity contribution in [2.75, 3.05) is 4.90 Å². The van der Waals surface area contributed by atoms with Crippen molar-refractivity contribution in [3.05, 3.63) is 159 Å². The van der Waals surface area contributed by atoms with Gasteiger partial charge < -0.3 is 4.90 Å². The molecule has 0 heterocycles. The Balaban J connectivity index is 0.000000397. The van der Waals surface area contributed by atoms with Crippen molar-refractivity contribution in [2.24, 2.45) is 16.2 Å². The molecule has 7 rings (SSSR count). The number of fused-ring (bicyclic) bond motifs is 4. The van der Waals surface area contributed by atoms with Gasteiger partial charge in [0.1, 0.15) is 0 Å². The van der Waals surface area contributed by atoms with Gasteiger partial charge >= 0.3 is 0 Å². The van der Waals surface area contributed by atoms with E-state index in [9.17, 15) is 0 Å². The summed E-state index contributed by atoms with van der Waals surface area (Å²) < 4.78 is 0. The molecule has 55 heavy (non-hydrogen) atoms. The van der Waals surface area contributed by atoms with Crippen LogP contribution in [0.25, 0.3) is 11.1 Å². The Morgan fingerprint density at radius 2 is 1.36 bits per heavy atom. The van der Waals surface area contributed by atoms with Gasteiger partial charge in [0.25, 0.3) is 0 Å². The van der Waals surface area contributed by atoms with E-state index in [-0.39, 0.29) is 21.7 Å². The number of nitrogens with zero attached hydrogens (tertiary/aromatic N) is 1. The molecule has 3 aromatic rings. The highest BCUT2D eigenvalue weighted by molar-refractivity contribution is 5.83. The number of allylic oxidation sites excluding steroid dienone is 9. The number of hydrogen-bond donors (Lipinski definition) is 0. The highest BCUT2D eigenvalue weighted by Crippen LogP contribution is 2.57. The van der Waals surface area contributed by atoms with Crippen molar-refractivity contribution < 1.29 is 0 Å². The van der Waals surface area contributed by atoms with Crippen molar-refractivity contribution in [2.45, 2.75) is 140 Å². The van der Waals surface area contributed by atoms with Crippen LogP contribution in [0.5, 0.6) is 0 Å². The lowest BCUT2D eigenvalue weighted by Gasteiger charge is -2.37. The molecule has 1 heteroatoms. The van der Waals surface area contributed by atoms with E-state index in [4.69, 9.17) is 6.58 Å². The molecule has 4 aliphatic rings. The maximum atomic E-state index is 4.92. The first-order valence-electron chi connectivity index (χ1n) is 20.9. The number of rotatable bonds is 6. The molecule has 0 spiro atoms. The second-order valence-corrected chi connectivity index (χ2v) is 20.4. The van der Waals surface area contributed by atoms with E-state index in [0.717, 1.165) is 36.3 Å². The average Bonchev–Trinajstić information content (AvgIpc) is 3.64. The lowest BCUT2D eigenvalue weighted by molar-refractivity contribution is 0.462. The molecule has 0 N–H and O–H groups in total. The second-order valence-electron chi connectivity index (χ2n) is 20.4. The Morgan fingerprint density at radius 1 is 0.745 bits per heavy atom. The summed E-state index contributed by atoms with van der Waals surface area (Å²) in [5, 5.41) is 0. The molecular weight excluding hydrogens is 663 g/mol. The molecule has 0 unspecified atom stereocenters. The van der Waals surface area contributed by atoms with Crippen LogP contribution in [0.15, 0.2) is 137 Å². The minimum absolute atomic E-state index is 0.0685. The third-order valence-corrected chi connectivity index (χ3v) is 13.6. The quantitative estimate of drug-likeness (QED) is 0.244. The fraction of sp³-hybridized carbons (Fsp3) is 0.444. The molecule has 0 atom stereocenters. The van der Waals surface area contributed by atoms with Gasteiger partial charge in [-0.15, -0.1) is 0 Å². The van der Waals surface area contributed by atoms with Gasteiger partial charge in [-0.05, 0) is 118 Å². The minimum Gasteiger partial charge on any atom is -0.315 e. The first-order valence-corrected chi connectivity index (χ1v) is 20.9. The molecule has 290 valence electrons. The van der Waals surface area contributed by atoms with E-state index < -0.39 is 0 Å². The molecule has 0 saturated carbocycles. The largest absolute Gasteiger partial charge is 0.315 e. The summed E-state index contributed by atoms with van der Waals surface area (Å²) in [5.74, 6) is 0. The molecule has 0 aromatic heterocycles. The van der Waals surface area contributed by atoms with Gasteiger partial charge in [0.15, 0.2) is 0 Å². The van der Waals surface area contributed by atoms with Crippen LogP contribution >= 0.6 is 0 Å². The molecule has 0 saturated heterocycles. The van der Waals surface area contributed by atoms with Crippen LogP contribution in [0.4, 0.5) is 5.69 Å². The van der Waals surface area contributed by atoms with Crippen molar-refractivity contribution in [3.63, 3.8) is 0 Å². The van der Waals surface area contributed by atoms with Gasteiger partial charge in [0, 0.05) is 27.9 Å². The van der Waals surface area contributed by atoms with E-state index in [1.54, 1.807) is 16.7 Å². The van der Waals surface area contributed by atoms with Crippen LogP contribution in [0.3, 0.4) is 0 Å². The van der Waals surface area contributed by atoms with Crippen molar-refractivity contribution in [1.29, 1.82) is 0 Å². The van der Waals surface area contributed by atoms with Crippen molar-refractivity contribution in [3.8, 4) is 11.1 Å². The summed E-state index contributed by atoms with van der Waals surface area (Å²) >= 11 is 0. The zero-order valence-corrected chi connectivity index (χ0v) is 36.9. The first kappa shape index (κ1) is 40.6. The van der Waals surface area contributed by atoms with Crippen molar-refractivity contribution in [1.82, 2.24) is 0 Å². The van der Waals surface area contributed by atoms with E-state index in [1.165, 1.54) is 63.0 Å². The lowest BCUT2D eigenvalue weighted by atomic mass is 9.72. The van der Waals surface area contributed by atoms with Gasteiger partial charge in [-0.2, -0.15) is 0 Å². The molecule has 0 amide bonds. The van der Waals surface area contributed by atoms with E-state index in [1.807, 2.05) is 0 Å². The fourth-order valence-electron chi connectivity index (χ4n) is 9.54. The second kappa shape index (κ2) is 14.1. The molecule has 0 radical (unpaired) electrons. The van der Waals surface area contributed by atoms with E-state index in [2.05, 4.69) is 187 Å². The predicted octanol–water partition coefficient (Wildman–Crippen LogP) is 15.5. The summed E-state index contributed by atoms with van der Waals surface area (Å²) in [7, 11) is 0. The summed E-state index contributed by atoms with van der Waals surface area (Å²) in [6, 6.07) is 24.7. The lowest BCUT2D eigenvalue weighted by Crippen LogP contribution is -2.28. The molecule has 0 aliphatic heterocycles. The monoisotopic (exact) mass is 732 g/mol. The van der Waals surface area contributed by atoms with E-state index >= 15 is 0 Å². The Kier molecular flexibility index (Phi) is 10.4. The third-order valence-electron chi connectivity index (χ3n) is 13.6. The first-order chi connectivity index (χ1) is 25.5.